The number of nitrogens with one attached hydrogen (secondary N) is 1. The molecule has 0 radical (unpaired) electrons. The summed E-state index contributed by atoms with van der Waals surface area (Å²) in [5.41, 5.74) is 2.05. The van der Waals surface area contributed by atoms with Gasteiger partial charge in [0.05, 0.1) is 5.54 Å². The van der Waals surface area contributed by atoms with Gasteiger partial charge in [0.1, 0.15) is 0 Å². The summed E-state index contributed by atoms with van der Waals surface area (Å²) in [7, 11) is 1.89. The number of nitrogens with zero attached hydrogens (tertiary/aromatic N) is 1. The van der Waals surface area contributed by atoms with Crippen LogP contribution in [0.4, 0.5) is 0 Å². The third kappa shape index (κ3) is 3.97. The van der Waals surface area contributed by atoms with Crippen molar-refractivity contribution in [3.05, 3.63) is 35.4 Å². The zero-order chi connectivity index (χ0) is 13.9. The maximum Gasteiger partial charge on any atom is 0.242 e. The number of piperidine rings is 1. The second-order valence-corrected chi connectivity index (χ2v) is 5.86. The van der Waals surface area contributed by atoms with Crippen molar-refractivity contribution in [3.63, 3.8) is 0 Å². The van der Waals surface area contributed by atoms with Gasteiger partial charge in [0.2, 0.25) is 5.91 Å². The SMILES string of the molecule is Cc1ccc(CN(C)C(=O)C2(C)CCCCN2)cc1.Cl. The Kier molecular flexibility index (Phi) is 6.03. The van der Waals surface area contributed by atoms with E-state index in [4.69, 9.17) is 0 Å². The topological polar surface area (TPSA) is 32.3 Å². The molecule has 1 fully saturated rings. The van der Waals surface area contributed by atoms with Gasteiger partial charge in [0.15, 0.2) is 0 Å². The molecule has 4 heteroatoms. The van der Waals surface area contributed by atoms with Crippen molar-refractivity contribution in [2.45, 2.75) is 45.2 Å². The highest BCUT2D eigenvalue weighted by Crippen LogP contribution is 2.21. The van der Waals surface area contributed by atoms with E-state index in [1.165, 1.54) is 17.5 Å². The lowest BCUT2D eigenvalue weighted by Crippen LogP contribution is -2.57. The van der Waals surface area contributed by atoms with Crippen LogP contribution in [0.2, 0.25) is 0 Å². The van der Waals surface area contributed by atoms with Crippen LogP contribution in [-0.2, 0) is 11.3 Å². The minimum absolute atomic E-state index is 0. The van der Waals surface area contributed by atoms with Crippen molar-refractivity contribution in [2.24, 2.45) is 0 Å². The first-order valence-corrected chi connectivity index (χ1v) is 7.07. The lowest BCUT2D eigenvalue weighted by molar-refractivity contribution is -0.137. The average molecular weight is 297 g/mol. The van der Waals surface area contributed by atoms with Crippen LogP contribution in [0.15, 0.2) is 24.3 Å². The van der Waals surface area contributed by atoms with Crippen molar-refractivity contribution in [1.29, 1.82) is 0 Å². The van der Waals surface area contributed by atoms with Gasteiger partial charge < -0.3 is 10.2 Å². The highest BCUT2D eigenvalue weighted by molar-refractivity contribution is 5.86. The van der Waals surface area contributed by atoms with Gasteiger partial charge in [-0.2, -0.15) is 0 Å². The van der Waals surface area contributed by atoms with Gasteiger partial charge >= 0.3 is 0 Å². The fourth-order valence-electron chi connectivity index (χ4n) is 2.70. The van der Waals surface area contributed by atoms with Gasteiger partial charge in [-0.15, -0.1) is 12.4 Å². The van der Waals surface area contributed by atoms with Gasteiger partial charge in [0, 0.05) is 13.6 Å². The zero-order valence-electron chi connectivity index (χ0n) is 12.6. The number of benzene rings is 1. The molecular weight excluding hydrogens is 272 g/mol. The molecule has 0 aromatic heterocycles. The van der Waals surface area contributed by atoms with Crippen molar-refractivity contribution in [2.75, 3.05) is 13.6 Å². The van der Waals surface area contributed by atoms with Gasteiger partial charge in [-0.05, 0) is 45.2 Å². The molecule has 0 spiro atoms. The molecule has 1 atom stereocenters. The van der Waals surface area contributed by atoms with E-state index < -0.39 is 0 Å². The first kappa shape index (κ1) is 17.0. The summed E-state index contributed by atoms with van der Waals surface area (Å²) in [6.07, 6.45) is 3.24. The number of carbonyl (C=O) groups excluding carboxylic acids is 1. The zero-order valence-corrected chi connectivity index (χ0v) is 13.4. The van der Waals surface area contributed by atoms with E-state index in [0.29, 0.717) is 6.54 Å². The Balaban J connectivity index is 0.00000200. The van der Waals surface area contributed by atoms with Crippen molar-refractivity contribution < 1.29 is 4.79 Å². The first-order chi connectivity index (χ1) is 9.01. The molecule has 1 amide bonds. The maximum absolute atomic E-state index is 12.6. The van der Waals surface area contributed by atoms with Crippen LogP contribution in [-0.4, -0.2) is 29.9 Å². The van der Waals surface area contributed by atoms with E-state index in [2.05, 4.69) is 36.5 Å². The van der Waals surface area contributed by atoms with Crippen LogP contribution in [0, 0.1) is 6.92 Å². The molecule has 1 heterocycles. The molecule has 1 aromatic carbocycles. The minimum Gasteiger partial charge on any atom is -0.340 e. The number of aryl methyl sites for hydroxylation is 1. The summed E-state index contributed by atoms with van der Waals surface area (Å²) in [5, 5.41) is 3.38. The highest BCUT2D eigenvalue weighted by atomic mass is 35.5. The van der Waals surface area contributed by atoms with Crippen LogP contribution in [0.3, 0.4) is 0 Å². The van der Waals surface area contributed by atoms with Crippen LogP contribution in [0.1, 0.15) is 37.3 Å². The molecule has 20 heavy (non-hydrogen) atoms. The predicted molar refractivity (Wildman–Crippen MR) is 85.2 cm³/mol. The molecule has 0 bridgehead atoms. The maximum atomic E-state index is 12.6. The third-order valence-corrected chi connectivity index (χ3v) is 3.98. The number of rotatable bonds is 3. The van der Waals surface area contributed by atoms with Crippen LogP contribution in [0.25, 0.3) is 0 Å². The van der Waals surface area contributed by atoms with E-state index in [1.807, 2.05) is 18.9 Å². The monoisotopic (exact) mass is 296 g/mol. The Morgan fingerprint density at radius 3 is 2.50 bits per heavy atom. The van der Waals surface area contributed by atoms with Crippen LogP contribution < -0.4 is 5.32 Å². The predicted octanol–water partition coefficient (Wildman–Crippen LogP) is 2.91. The fraction of sp³-hybridized carbons (Fsp3) is 0.562. The lowest BCUT2D eigenvalue weighted by Gasteiger charge is -2.36. The Labute approximate surface area is 128 Å². The van der Waals surface area contributed by atoms with E-state index in [9.17, 15) is 4.79 Å². The standard InChI is InChI=1S/C16H24N2O.ClH/c1-13-6-8-14(9-7-13)12-18(3)15(19)16(2)10-4-5-11-17-16;/h6-9,17H,4-5,10-12H2,1-3H3;1H. The largest absolute Gasteiger partial charge is 0.340 e. The van der Waals surface area contributed by atoms with Gasteiger partial charge in [-0.3, -0.25) is 4.79 Å². The van der Waals surface area contributed by atoms with Crippen LogP contribution in [0.5, 0.6) is 0 Å². The molecule has 0 saturated carbocycles. The van der Waals surface area contributed by atoms with E-state index in [0.717, 1.165) is 19.4 Å². The number of hydrogen-bond donors (Lipinski definition) is 1. The molecule has 1 aliphatic heterocycles. The quantitative estimate of drug-likeness (QED) is 0.930. The molecule has 1 saturated heterocycles. The summed E-state index contributed by atoms with van der Waals surface area (Å²) >= 11 is 0. The average Bonchev–Trinajstić information content (AvgIpc) is 2.41. The molecule has 1 aromatic rings. The van der Waals surface area contributed by atoms with Crippen molar-refractivity contribution >= 4 is 18.3 Å². The minimum atomic E-state index is -0.377. The van der Waals surface area contributed by atoms with Gasteiger partial charge in [-0.25, -0.2) is 0 Å². The van der Waals surface area contributed by atoms with E-state index >= 15 is 0 Å². The first-order valence-electron chi connectivity index (χ1n) is 7.07. The number of halogens is 1. The van der Waals surface area contributed by atoms with E-state index in [1.54, 1.807) is 0 Å². The second kappa shape index (κ2) is 7.09. The summed E-state index contributed by atoms with van der Waals surface area (Å²) in [5.74, 6) is 0.202. The number of amides is 1. The Bertz CT molecular complexity index is 438. The normalized spacial score (nSPS) is 21.9. The molecule has 0 aliphatic carbocycles. The van der Waals surface area contributed by atoms with Gasteiger partial charge in [0.25, 0.3) is 0 Å². The number of likely N-dealkylation sites (N-methyl/N-ethyl adjacent to an activating group) is 1. The van der Waals surface area contributed by atoms with Crippen molar-refractivity contribution in [3.8, 4) is 0 Å². The number of hydrogen-bond acceptors (Lipinski definition) is 2. The van der Waals surface area contributed by atoms with Gasteiger partial charge in [-0.1, -0.05) is 29.8 Å². The molecule has 112 valence electrons. The highest BCUT2D eigenvalue weighted by Gasteiger charge is 2.36. The molecule has 1 unspecified atom stereocenters. The third-order valence-electron chi connectivity index (χ3n) is 3.98. The Morgan fingerprint density at radius 2 is 1.95 bits per heavy atom. The summed E-state index contributed by atoms with van der Waals surface area (Å²) < 4.78 is 0. The molecule has 1 N–H and O–H groups in total. The van der Waals surface area contributed by atoms with E-state index in [-0.39, 0.29) is 23.9 Å². The molecule has 3 nitrogen and oxygen atoms in total. The van der Waals surface area contributed by atoms with Crippen molar-refractivity contribution in [1.82, 2.24) is 10.2 Å². The molecule has 1 aliphatic rings. The number of carbonyl (C=O) groups is 1. The summed E-state index contributed by atoms with van der Waals surface area (Å²) in [6.45, 7) is 5.72. The fourth-order valence-corrected chi connectivity index (χ4v) is 2.70. The smallest absolute Gasteiger partial charge is 0.242 e. The summed E-state index contributed by atoms with van der Waals surface area (Å²) in [6, 6.07) is 8.37. The molecule has 2 rings (SSSR count). The Morgan fingerprint density at radius 1 is 1.30 bits per heavy atom. The van der Waals surface area contributed by atoms with Crippen LogP contribution >= 0.6 is 12.4 Å². The Hall–Kier alpha value is -1.06. The summed E-state index contributed by atoms with van der Waals surface area (Å²) in [4.78, 5) is 14.4. The molecular formula is C16H25ClN2O. The lowest BCUT2D eigenvalue weighted by atomic mass is 9.89. The second-order valence-electron chi connectivity index (χ2n) is 5.86.